The van der Waals surface area contributed by atoms with Crippen LogP contribution < -0.4 is 10.6 Å². The van der Waals surface area contributed by atoms with Gasteiger partial charge in [-0.1, -0.05) is 37.3 Å². The third-order valence-corrected chi connectivity index (χ3v) is 5.62. The van der Waals surface area contributed by atoms with Crippen LogP contribution in [0.15, 0.2) is 30.3 Å². The van der Waals surface area contributed by atoms with E-state index < -0.39 is 9.84 Å². The van der Waals surface area contributed by atoms with Gasteiger partial charge in [0, 0.05) is 12.0 Å². The van der Waals surface area contributed by atoms with Crippen molar-refractivity contribution in [1.82, 2.24) is 10.6 Å². The molecule has 0 radical (unpaired) electrons. The Morgan fingerprint density at radius 2 is 1.96 bits per heavy atom. The fourth-order valence-corrected chi connectivity index (χ4v) is 4.26. The van der Waals surface area contributed by atoms with Gasteiger partial charge in [0.25, 0.3) is 0 Å². The Bertz CT molecular complexity index is 658. The second-order valence-corrected chi connectivity index (χ2v) is 8.20. The van der Waals surface area contributed by atoms with E-state index in [0.717, 1.165) is 5.56 Å². The molecule has 0 spiro atoms. The maximum absolute atomic E-state index is 12.0. The molecule has 0 bridgehead atoms. The maximum Gasteiger partial charge on any atom is 0.239 e. The highest BCUT2D eigenvalue weighted by molar-refractivity contribution is 7.91. The van der Waals surface area contributed by atoms with Gasteiger partial charge in [-0.2, -0.15) is 0 Å². The maximum atomic E-state index is 12.0. The number of sulfone groups is 1. The average molecular weight is 338 g/mol. The Morgan fingerprint density at radius 3 is 2.57 bits per heavy atom. The summed E-state index contributed by atoms with van der Waals surface area (Å²) < 4.78 is 22.7. The first-order valence-corrected chi connectivity index (χ1v) is 9.49. The van der Waals surface area contributed by atoms with Crippen LogP contribution in [0.5, 0.6) is 0 Å². The number of carbonyl (C=O) groups excluding carboxylic acids is 2. The molecule has 1 heterocycles. The van der Waals surface area contributed by atoms with Gasteiger partial charge in [-0.3, -0.25) is 9.59 Å². The molecule has 0 aliphatic carbocycles. The van der Waals surface area contributed by atoms with Crippen molar-refractivity contribution in [1.29, 1.82) is 0 Å². The smallest absolute Gasteiger partial charge is 0.239 e. The summed E-state index contributed by atoms with van der Waals surface area (Å²) in [5.74, 6) is -0.692. The molecular weight excluding hydrogens is 316 g/mol. The molecule has 1 aliphatic rings. The van der Waals surface area contributed by atoms with Crippen LogP contribution in [0, 0.1) is 5.92 Å². The minimum Gasteiger partial charge on any atom is -0.351 e. The van der Waals surface area contributed by atoms with Crippen molar-refractivity contribution in [3.05, 3.63) is 35.9 Å². The molecule has 0 aromatic heterocycles. The Hall–Kier alpha value is -1.89. The topological polar surface area (TPSA) is 92.3 Å². The van der Waals surface area contributed by atoms with E-state index in [1.54, 1.807) is 0 Å². The number of carbonyl (C=O) groups is 2. The number of nitrogens with one attached hydrogen (secondary N) is 2. The number of benzene rings is 1. The zero-order chi connectivity index (χ0) is 16.9. The van der Waals surface area contributed by atoms with Gasteiger partial charge in [-0.25, -0.2) is 8.42 Å². The molecule has 0 unspecified atom stereocenters. The molecule has 1 saturated heterocycles. The van der Waals surface area contributed by atoms with Crippen LogP contribution in [-0.2, 0) is 25.8 Å². The van der Waals surface area contributed by atoms with E-state index >= 15 is 0 Å². The molecule has 0 saturated carbocycles. The second kappa shape index (κ2) is 7.59. The number of hydrogen-bond acceptors (Lipinski definition) is 4. The van der Waals surface area contributed by atoms with Crippen LogP contribution in [0.3, 0.4) is 0 Å². The molecule has 1 aromatic rings. The van der Waals surface area contributed by atoms with Crippen LogP contribution in [-0.4, -0.2) is 44.3 Å². The molecular formula is C16H22N2O4S. The molecule has 2 atom stereocenters. The van der Waals surface area contributed by atoms with E-state index in [1.807, 2.05) is 37.3 Å². The van der Waals surface area contributed by atoms with Crippen LogP contribution in [0.25, 0.3) is 0 Å². The van der Waals surface area contributed by atoms with Gasteiger partial charge in [0.15, 0.2) is 9.84 Å². The molecule has 1 aliphatic heterocycles. The summed E-state index contributed by atoms with van der Waals surface area (Å²) in [6, 6.07) is 9.33. The minimum atomic E-state index is -3.02. The van der Waals surface area contributed by atoms with E-state index in [9.17, 15) is 18.0 Å². The molecule has 1 aromatic carbocycles. The van der Waals surface area contributed by atoms with Crippen molar-refractivity contribution in [3.8, 4) is 0 Å². The fourth-order valence-electron chi connectivity index (χ4n) is 2.59. The average Bonchev–Trinajstić information content (AvgIpc) is 2.84. The van der Waals surface area contributed by atoms with Gasteiger partial charge >= 0.3 is 0 Å². The SMILES string of the molecule is C[C@@H](Cc1ccccc1)C(=O)NCC(=O)N[C@H]1CCS(=O)(=O)C1. The molecule has 126 valence electrons. The number of rotatable bonds is 6. The molecule has 2 rings (SSSR count). The van der Waals surface area contributed by atoms with E-state index in [1.165, 1.54) is 0 Å². The van der Waals surface area contributed by atoms with Crippen molar-refractivity contribution >= 4 is 21.7 Å². The van der Waals surface area contributed by atoms with Crippen molar-refractivity contribution in [2.24, 2.45) is 5.92 Å². The summed E-state index contributed by atoms with van der Waals surface area (Å²) in [6.45, 7) is 1.68. The second-order valence-electron chi connectivity index (χ2n) is 5.98. The first-order valence-electron chi connectivity index (χ1n) is 7.67. The lowest BCUT2D eigenvalue weighted by Crippen LogP contribution is -2.43. The van der Waals surface area contributed by atoms with Gasteiger partial charge in [0.1, 0.15) is 0 Å². The molecule has 2 N–H and O–H groups in total. The van der Waals surface area contributed by atoms with Gasteiger partial charge in [-0.05, 0) is 18.4 Å². The quantitative estimate of drug-likeness (QED) is 0.779. The predicted molar refractivity (Wildman–Crippen MR) is 87.5 cm³/mol. The summed E-state index contributed by atoms with van der Waals surface area (Å²) in [4.78, 5) is 23.8. The van der Waals surface area contributed by atoms with Crippen LogP contribution in [0.4, 0.5) is 0 Å². The van der Waals surface area contributed by atoms with Crippen molar-refractivity contribution in [2.45, 2.75) is 25.8 Å². The van der Waals surface area contributed by atoms with Gasteiger partial charge in [0.05, 0.1) is 18.1 Å². The zero-order valence-corrected chi connectivity index (χ0v) is 13.9. The highest BCUT2D eigenvalue weighted by Gasteiger charge is 2.28. The third kappa shape index (κ3) is 5.67. The predicted octanol–water partition coefficient (Wildman–Crippen LogP) is 0.285. The Balaban J connectivity index is 1.72. The monoisotopic (exact) mass is 338 g/mol. The van der Waals surface area contributed by atoms with E-state index in [4.69, 9.17) is 0 Å². The van der Waals surface area contributed by atoms with E-state index in [0.29, 0.717) is 12.8 Å². The van der Waals surface area contributed by atoms with Crippen LogP contribution in [0.2, 0.25) is 0 Å². The highest BCUT2D eigenvalue weighted by Crippen LogP contribution is 2.11. The summed E-state index contributed by atoms with van der Waals surface area (Å²) in [5.41, 5.74) is 1.07. The largest absolute Gasteiger partial charge is 0.351 e. The molecule has 7 heteroatoms. The summed E-state index contributed by atoms with van der Waals surface area (Å²) in [7, 11) is -3.02. The van der Waals surface area contributed by atoms with Crippen molar-refractivity contribution < 1.29 is 18.0 Å². The van der Waals surface area contributed by atoms with Crippen molar-refractivity contribution in [2.75, 3.05) is 18.1 Å². The fraction of sp³-hybridized carbons (Fsp3) is 0.500. The lowest BCUT2D eigenvalue weighted by molar-refractivity contribution is -0.128. The van der Waals surface area contributed by atoms with Gasteiger partial charge in [-0.15, -0.1) is 0 Å². The Labute approximate surface area is 136 Å². The number of amides is 2. The standard InChI is InChI=1S/C16H22N2O4S/c1-12(9-13-5-3-2-4-6-13)16(20)17-10-15(19)18-14-7-8-23(21,22)11-14/h2-6,12,14H,7-11H2,1H3,(H,17,20)(H,18,19)/t12-,14-/m0/s1. The van der Waals surface area contributed by atoms with E-state index in [-0.39, 0.29) is 41.8 Å². The minimum absolute atomic E-state index is 0.0168. The number of hydrogen-bond donors (Lipinski definition) is 2. The summed E-state index contributed by atoms with van der Waals surface area (Å²) in [5, 5.41) is 5.24. The Kier molecular flexibility index (Phi) is 5.76. The third-order valence-electron chi connectivity index (χ3n) is 3.85. The first kappa shape index (κ1) is 17.5. The lowest BCUT2D eigenvalue weighted by atomic mass is 10.0. The summed E-state index contributed by atoms with van der Waals surface area (Å²) in [6.07, 6.45) is 1.04. The van der Waals surface area contributed by atoms with Gasteiger partial charge in [0.2, 0.25) is 11.8 Å². The summed E-state index contributed by atoms with van der Waals surface area (Å²) >= 11 is 0. The zero-order valence-electron chi connectivity index (χ0n) is 13.1. The molecule has 23 heavy (non-hydrogen) atoms. The Morgan fingerprint density at radius 1 is 1.26 bits per heavy atom. The van der Waals surface area contributed by atoms with Crippen LogP contribution >= 0.6 is 0 Å². The first-order chi connectivity index (χ1) is 10.9. The van der Waals surface area contributed by atoms with Gasteiger partial charge < -0.3 is 10.6 Å². The van der Waals surface area contributed by atoms with Crippen LogP contribution in [0.1, 0.15) is 18.9 Å². The molecule has 6 nitrogen and oxygen atoms in total. The normalized spacial score (nSPS) is 20.7. The molecule has 2 amide bonds. The lowest BCUT2D eigenvalue weighted by Gasteiger charge is -2.14. The van der Waals surface area contributed by atoms with Crippen molar-refractivity contribution in [3.63, 3.8) is 0 Å². The highest BCUT2D eigenvalue weighted by atomic mass is 32.2. The van der Waals surface area contributed by atoms with E-state index in [2.05, 4.69) is 10.6 Å². The molecule has 1 fully saturated rings.